The number of hydrogen-bond donors (Lipinski definition) is 3. The summed E-state index contributed by atoms with van der Waals surface area (Å²) < 4.78 is 14.2. The van der Waals surface area contributed by atoms with Crippen molar-refractivity contribution in [2.75, 3.05) is 33.2 Å². The minimum Gasteiger partial charge on any atom is -0.505 e. The van der Waals surface area contributed by atoms with Crippen molar-refractivity contribution in [1.82, 2.24) is 34.9 Å². The van der Waals surface area contributed by atoms with Crippen molar-refractivity contribution in [2.45, 2.75) is 64.1 Å². The van der Waals surface area contributed by atoms with Crippen LogP contribution in [0.15, 0.2) is 30.3 Å². The Morgan fingerprint density at radius 2 is 1.90 bits per heavy atom. The minimum atomic E-state index is -0.637. The van der Waals surface area contributed by atoms with Crippen LogP contribution in [0.4, 0.5) is 4.39 Å². The van der Waals surface area contributed by atoms with Crippen LogP contribution in [0.1, 0.15) is 49.6 Å². The summed E-state index contributed by atoms with van der Waals surface area (Å²) in [4.78, 5) is 28.8. The lowest BCUT2D eigenvalue weighted by atomic mass is 9.96. The Morgan fingerprint density at radius 1 is 1.12 bits per heavy atom. The molecule has 7 rings (SSSR count). The van der Waals surface area contributed by atoms with Gasteiger partial charge in [-0.3, -0.25) is 14.8 Å². The first-order valence-electron chi connectivity index (χ1n) is 15.2. The third-order valence-electron chi connectivity index (χ3n) is 9.56. The van der Waals surface area contributed by atoms with Gasteiger partial charge < -0.3 is 19.9 Å². The SMILES string of the molecule is CCc1cc(O)c(F)cc1-c1ccc2c(-c3nc4c([nH]3)CN(C)C(C(=O)N3CCC(N5CCCC5)CC3)C4)n[nH]c2c1. The second-order valence-electron chi connectivity index (χ2n) is 12.1. The van der Waals surface area contributed by atoms with Crippen LogP contribution >= 0.6 is 0 Å². The molecular formula is C32H38FN7O2. The Balaban J connectivity index is 1.09. The molecule has 42 heavy (non-hydrogen) atoms. The number of rotatable bonds is 5. The Bertz CT molecular complexity index is 1630. The molecule has 220 valence electrons. The van der Waals surface area contributed by atoms with E-state index < -0.39 is 5.82 Å². The number of likely N-dealkylation sites (tertiary alicyclic amines) is 2. The number of fused-ring (bicyclic) bond motifs is 2. The van der Waals surface area contributed by atoms with Crippen LogP contribution in [0.25, 0.3) is 33.5 Å². The van der Waals surface area contributed by atoms with Crippen LogP contribution in [-0.2, 0) is 24.2 Å². The number of nitrogens with zero attached hydrogens (tertiary/aromatic N) is 5. The van der Waals surface area contributed by atoms with Crippen molar-refractivity contribution in [3.05, 3.63) is 53.1 Å². The molecule has 1 amide bonds. The molecule has 0 aliphatic carbocycles. The fourth-order valence-corrected chi connectivity index (χ4v) is 7.13. The maximum atomic E-state index is 14.2. The summed E-state index contributed by atoms with van der Waals surface area (Å²) in [5.41, 5.74) is 5.94. The summed E-state index contributed by atoms with van der Waals surface area (Å²) >= 11 is 0. The van der Waals surface area contributed by atoms with Crippen molar-refractivity contribution >= 4 is 16.8 Å². The van der Waals surface area contributed by atoms with E-state index in [0.717, 1.165) is 64.9 Å². The van der Waals surface area contributed by atoms with Crippen molar-refractivity contribution in [2.24, 2.45) is 0 Å². The molecule has 2 aromatic carbocycles. The van der Waals surface area contributed by atoms with Gasteiger partial charge in [-0.25, -0.2) is 9.37 Å². The van der Waals surface area contributed by atoms with Crippen molar-refractivity contribution in [1.29, 1.82) is 0 Å². The molecule has 3 N–H and O–H groups in total. The number of aromatic nitrogens is 4. The second kappa shape index (κ2) is 10.8. The molecule has 0 bridgehead atoms. The average Bonchev–Trinajstić information content (AvgIpc) is 3.77. The first-order valence-corrected chi connectivity index (χ1v) is 15.2. The number of aromatic hydroxyl groups is 1. The Morgan fingerprint density at radius 3 is 2.67 bits per heavy atom. The number of H-pyrrole nitrogens is 2. The van der Waals surface area contributed by atoms with E-state index in [1.54, 1.807) is 0 Å². The van der Waals surface area contributed by atoms with Gasteiger partial charge in [-0.2, -0.15) is 5.10 Å². The number of carbonyl (C=O) groups excluding carboxylic acids is 1. The normalized spacial score (nSPS) is 20.5. The number of likely N-dealkylation sites (N-methyl/N-ethyl adjacent to an activating group) is 1. The maximum absolute atomic E-state index is 14.2. The molecule has 9 nitrogen and oxygen atoms in total. The number of hydrogen-bond acceptors (Lipinski definition) is 6. The Hall–Kier alpha value is -3.76. The number of amides is 1. The largest absolute Gasteiger partial charge is 0.505 e. The standard InChI is InChI=1S/C32H38FN7O2/c1-3-19-15-29(41)24(33)16-23(19)20-6-7-22-25(14-20)36-37-30(22)31-34-26-17-28(38(2)18-27(26)35-31)32(42)40-12-8-21(9-13-40)39-10-4-5-11-39/h6-7,14-16,21,28,41H,3-5,8-13,17-18H2,1-2H3,(H,34,35)(H,36,37). The zero-order valence-electron chi connectivity index (χ0n) is 24.3. The lowest BCUT2D eigenvalue weighted by Gasteiger charge is -2.40. The van der Waals surface area contributed by atoms with E-state index in [4.69, 9.17) is 4.98 Å². The van der Waals surface area contributed by atoms with Gasteiger partial charge in [-0.1, -0.05) is 13.0 Å². The highest BCUT2D eigenvalue weighted by molar-refractivity contribution is 5.94. The Labute approximate surface area is 244 Å². The van der Waals surface area contributed by atoms with Crippen molar-refractivity contribution < 1.29 is 14.3 Å². The molecule has 0 radical (unpaired) electrons. The van der Waals surface area contributed by atoms with E-state index >= 15 is 0 Å². The lowest BCUT2D eigenvalue weighted by Crippen LogP contribution is -2.53. The number of phenols is 1. The van der Waals surface area contributed by atoms with Gasteiger partial charge >= 0.3 is 0 Å². The van der Waals surface area contributed by atoms with Gasteiger partial charge in [0, 0.05) is 37.5 Å². The predicted molar refractivity (Wildman–Crippen MR) is 159 cm³/mol. The van der Waals surface area contributed by atoms with E-state index in [0.29, 0.717) is 36.9 Å². The van der Waals surface area contributed by atoms with Gasteiger partial charge in [0.05, 0.1) is 22.9 Å². The number of benzene rings is 2. The fourth-order valence-electron chi connectivity index (χ4n) is 7.13. The third kappa shape index (κ3) is 4.76. The molecule has 5 heterocycles. The van der Waals surface area contributed by atoms with Gasteiger partial charge in [0.1, 0.15) is 5.69 Å². The number of nitrogens with one attached hydrogen (secondary N) is 2. The molecular weight excluding hydrogens is 533 g/mol. The lowest BCUT2D eigenvalue weighted by molar-refractivity contribution is -0.138. The van der Waals surface area contributed by atoms with Gasteiger partial charge in [-0.15, -0.1) is 0 Å². The number of piperidine rings is 1. The van der Waals surface area contributed by atoms with Crippen molar-refractivity contribution in [3.8, 4) is 28.4 Å². The molecule has 1 unspecified atom stereocenters. The molecule has 3 aliphatic rings. The van der Waals surface area contributed by atoms with Gasteiger partial charge in [0.15, 0.2) is 17.4 Å². The van der Waals surface area contributed by atoms with Crippen LogP contribution in [0.3, 0.4) is 0 Å². The molecule has 1 atom stereocenters. The summed E-state index contributed by atoms with van der Waals surface area (Å²) in [7, 11) is 2.02. The molecule has 0 saturated carbocycles. The number of phenolic OH excluding ortho intramolecular Hbond substituents is 1. The van der Waals surface area contributed by atoms with Crippen LogP contribution in [0, 0.1) is 5.82 Å². The van der Waals surface area contributed by atoms with Crippen LogP contribution in [-0.4, -0.2) is 91.2 Å². The van der Waals surface area contributed by atoms with E-state index in [1.807, 2.05) is 32.2 Å². The van der Waals surface area contributed by atoms with Crippen LogP contribution in [0.2, 0.25) is 0 Å². The molecule has 4 aromatic rings. The molecule has 2 fully saturated rings. The first-order chi connectivity index (χ1) is 20.4. The van der Waals surface area contributed by atoms with Crippen molar-refractivity contribution in [3.63, 3.8) is 0 Å². The molecule has 2 aromatic heterocycles. The highest BCUT2D eigenvalue weighted by atomic mass is 19.1. The highest BCUT2D eigenvalue weighted by Gasteiger charge is 2.36. The van der Waals surface area contributed by atoms with Crippen LogP contribution < -0.4 is 0 Å². The zero-order chi connectivity index (χ0) is 29.0. The third-order valence-corrected chi connectivity index (χ3v) is 9.56. The van der Waals surface area contributed by atoms with E-state index in [1.165, 1.54) is 38.1 Å². The zero-order valence-corrected chi connectivity index (χ0v) is 24.3. The smallest absolute Gasteiger partial charge is 0.240 e. The van der Waals surface area contributed by atoms with E-state index in [9.17, 15) is 14.3 Å². The fraction of sp³-hybridized carbons (Fsp3) is 0.469. The monoisotopic (exact) mass is 571 g/mol. The topological polar surface area (TPSA) is 104 Å². The number of carbonyl (C=O) groups is 1. The maximum Gasteiger partial charge on any atom is 0.240 e. The first kappa shape index (κ1) is 27.1. The quantitative estimate of drug-likeness (QED) is 0.327. The average molecular weight is 572 g/mol. The summed E-state index contributed by atoms with van der Waals surface area (Å²) in [5.74, 6) is -0.0830. The number of aryl methyl sites for hydroxylation is 1. The van der Waals surface area contributed by atoms with Crippen LogP contribution in [0.5, 0.6) is 5.75 Å². The highest BCUT2D eigenvalue weighted by Crippen LogP contribution is 2.34. The van der Waals surface area contributed by atoms with E-state index in [2.05, 4.69) is 29.9 Å². The van der Waals surface area contributed by atoms with Gasteiger partial charge in [0.2, 0.25) is 5.91 Å². The van der Waals surface area contributed by atoms with Gasteiger partial charge in [0.25, 0.3) is 0 Å². The number of imidazole rings is 1. The summed E-state index contributed by atoms with van der Waals surface area (Å²) in [6.45, 7) is 6.69. The van der Waals surface area contributed by atoms with E-state index in [-0.39, 0.29) is 17.7 Å². The molecule has 2 saturated heterocycles. The predicted octanol–water partition coefficient (Wildman–Crippen LogP) is 4.47. The second-order valence-corrected chi connectivity index (χ2v) is 12.1. The molecule has 10 heteroatoms. The Kier molecular flexibility index (Phi) is 6.98. The minimum absolute atomic E-state index is 0.211. The molecule has 3 aliphatic heterocycles. The van der Waals surface area contributed by atoms with Gasteiger partial charge in [-0.05, 0) is 93.2 Å². The summed E-state index contributed by atoms with van der Waals surface area (Å²) in [6.07, 6.45) is 5.98. The molecule has 0 spiro atoms. The summed E-state index contributed by atoms with van der Waals surface area (Å²) in [6, 6.07) is 9.16. The number of halogens is 1. The summed E-state index contributed by atoms with van der Waals surface area (Å²) in [5, 5.41) is 18.4. The number of aromatic amines is 2.